The highest BCUT2D eigenvalue weighted by Crippen LogP contribution is 2.34. The van der Waals surface area contributed by atoms with Crippen LogP contribution in [0.3, 0.4) is 0 Å². The molecule has 0 aromatic carbocycles. The second-order valence-electron chi connectivity index (χ2n) is 8.75. The lowest BCUT2D eigenvalue weighted by Gasteiger charge is -2.38. The molecule has 1 unspecified atom stereocenters. The Kier molecular flexibility index (Phi) is 6.23. The van der Waals surface area contributed by atoms with Crippen LogP contribution in [0.1, 0.15) is 39.2 Å². The summed E-state index contributed by atoms with van der Waals surface area (Å²) in [6.45, 7) is 7.71. The first-order valence-corrected chi connectivity index (χ1v) is 10.3. The molecule has 0 radical (unpaired) electrons. The van der Waals surface area contributed by atoms with Gasteiger partial charge in [-0.15, -0.1) is 0 Å². The summed E-state index contributed by atoms with van der Waals surface area (Å²) in [7, 11) is 0. The molecule has 2 aliphatic rings. The fourth-order valence-electron chi connectivity index (χ4n) is 3.87. The summed E-state index contributed by atoms with van der Waals surface area (Å²) in [5, 5.41) is -0.0673. The summed E-state index contributed by atoms with van der Waals surface area (Å²) < 4.78 is 38.4. The van der Waals surface area contributed by atoms with Gasteiger partial charge in [-0.1, -0.05) is 32.4 Å². The van der Waals surface area contributed by atoms with E-state index in [-0.39, 0.29) is 22.7 Å². The van der Waals surface area contributed by atoms with Crippen LogP contribution in [0.4, 0.5) is 19.0 Å². The first kappa shape index (κ1) is 22.7. The molecule has 2 amide bonds. The van der Waals surface area contributed by atoms with E-state index < -0.39 is 23.2 Å². The maximum absolute atomic E-state index is 13.1. The fourth-order valence-corrected chi connectivity index (χ4v) is 4.15. The summed E-state index contributed by atoms with van der Waals surface area (Å²) >= 11 is 6.04. The van der Waals surface area contributed by atoms with E-state index in [1.54, 1.807) is 14.7 Å². The zero-order valence-electron chi connectivity index (χ0n) is 17.3. The van der Waals surface area contributed by atoms with Crippen LogP contribution in [0.15, 0.2) is 12.3 Å². The molecule has 166 valence electrons. The van der Waals surface area contributed by atoms with Gasteiger partial charge in [0, 0.05) is 44.3 Å². The molecular formula is C20H26ClF3N4O2. The molecule has 0 aliphatic carbocycles. The van der Waals surface area contributed by atoms with Gasteiger partial charge in [0.05, 0.1) is 10.6 Å². The predicted octanol–water partition coefficient (Wildman–Crippen LogP) is 3.44. The highest BCUT2D eigenvalue weighted by molar-refractivity contribution is 6.33. The molecule has 0 saturated carbocycles. The molecule has 2 saturated heterocycles. The Morgan fingerprint density at radius 2 is 1.73 bits per heavy atom. The van der Waals surface area contributed by atoms with E-state index in [1.807, 2.05) is 20.8 Å². The number of carbonyl (C=O) groups is 2. The van der Waals surface area contributed by atoms with Crippen LogP contribution in [-0.4, -0.2) is 65.4 Å². The molecule has 6 nitrogen and oxygen atoms in total. The predicted molar refractivity (Wildman–Crippen MR) is 107 cm³/mol. The Hall–Kier alpha value is -2.03. The first-order chi connectivity index (χ1) is 13.9. The van der Waals surface area contributed by atoms with Gasteiger partial charge < -0.3 is 14.7 Å². The van der Waals surface area contributed by atoms with Crippen LogP contribution in [0.25, 0.3) is 0 Å². The number of pyridine rings is 1. The zero-order chi connectivity index (χ0) is 22.3. The summed E-state index contributed by atoms with van der Waals surface area (Å²) in [5.41, 5.74) is -1.44. The Balaban J connectivity index is 1.64. The quantitative estimate of drug-likeness (QED) is 0.698. The number of halogens is 4. The van der Waals surface area contributed by atoms with Gasteiger partial charge in [0.15, 0.2) is 0 Å². The molecule has 1 aromatic rings. The lowest BCUT2D eigenvalue weighted by Crippen LogP contribution is -2.55. The molecule has 2 aliphatic heterocycles. The number of hydrogen-bond acceptors (Lipinski definition) is 4. The molecule has 3 heterocycles. The summed E-state index contributed by atoms with van der Waals surface area (Å²) in [6, 6.07) is 0.423. The minimum Gasteiger partial charge on any atom is -0.352 e. The van der Waals surface area contributed by atoms with E-state index in [0.717, 1.165) is 18.7 Å². The Morgan fingerprint density at radius 3 is 2.27 bits per heavy atom. The number of carbonyl (C=O) groups excluding carboxylic acids is 2. The number of anilines is 1. The lowest BCUT2D eigenvalue weighted by atomic mass is 9.94. The molecule has 1 atom stereocenters. The third kappa shape index (κ3) is 4.66. The van der Waals surface area contributed by atoms with E-state index in [9.17, 15) is 22.8 Å². The van der Waals surface area contributed by atoms with Gasteiger partial charge in [0.1, 0.15) is 11.9 Å². The number of piperazine rings is 1. The number of likely N-dealkylation sites (tertiary alicyclic amines) is 1. The van der Waals surface area contributed by atoms with Crippen molar-refractivity contribution in [2.45, 2.75) is 45.8 Å². The van der Waals surface area contributed by atoms with Crippen LogP contribution in [0.2, 0.25) is 5.02 Å². The highest BCUT2D eigenvalue weighted by Gasteiger charge is 2.41. The molecule has 2 fully saturated rings. The second kappa shape index (κ2) is 8.24. The van der Waals surface area contributed by atoms with Crippen LogP contribution < -0.4 is 4.90 Å². The Morgan fingerprint density at radius 1 is 1.10 bits per heavy atom. The van der Waals surface area contributed by atoms with Crippen LogP contribution in [-0.2, 0) is 15.8 Å². The molecule has 0 N–H and O–H groups in total. The van der Waals surface area contributed by atoms with Crippen molar-refractivity contribution in [1.82, 2.24) is 14.8 Å². The standard InChI is InChI=1S/C20H26ClF3N4O2/c1-19(2,3)18(30)28-6-4-5-15(28)17(29)27-9-7-26(8-10-27)16-14(21)11-13(12-25-16)20(22,23)24/h11-12,15H,4-10H2,1-3H3. The van der Waals surface area contributed by atoms with Gasteiger partial charge >= 0.3 is 6.18 Å². The molecule has 10 heteroatoms. The SMILES string of the molecule is CC(C)(C)C(=O)N1CCCC1C(=O)N1CCN(c2ncc(C(F)(F)F)cc2Cl)CC1. The molecule has 1 aromatic heterocycles. The number of alkyl halides is 3. The number of hydrogen-bond donors (Lipinski definition) is 0. The number of nitrogens with zero attached hydrogens (tertiary/aromatic N) is 4. The third-order valence-corrected chi connectivity index (χ3v) is 5.76. The van der Waals surface area contributed by atoms with Gasteiger partial charge in [-0.25, -0.2) is 4.98 Å². The Labute approximate surface area is 179 Å². The maximum Gasteiger partial charge on any atom is 0.417 e. The van der Waals surface area contributed by atoms with Crippen molar-refractivity contribution in [2.75, 3.05) is 37.6 Å². The monoisotopic (exact) mass is 446 g/mol. The Bertz CT molecular complexity index is 817. The molecule has 3 rings (SSSR count). The highest BCUT2D eigenvalue weighted by atomic mass is 35.5. The summed E-state index contributed by atoms with van der Waals surface area (Å²) in [4.78, 5) is 34.8. The average Bonchev–Trinajstić information content (AvgIpc) is 3.15. The normalized spacial score (nSPS) is 20.6. The van der Waals surface area contributed by atoms with Gasteiger partial charge in [0.25, 0.3) is 0 Å². The van der Waals surface area contributed by atoms with Crippen molar-refractivity contribution in [3.05, 3.63) is 22.8 Å². The van der Waals surface area contributed by atoms with Crippen LogP contribution in [0.5, 0.6) is 0 Å². The van der Waals surface area contributed by atoms with E-state index in [0.29, 0.717) is 39.1 Å². The van der Waals surface area contributed by atoms with Gasteiger partial charge in [0.2, 0.25) is 11.8 Å². The number of amides is 2. The lowest BCUT2D eigenvalue weighted by molar-refractivity contribution is -0.148. The van der Waals surface area contributed by atoms with Crippen molar-refractivity contribution >= 4 is 29.2 Å². The topological polar surface area (TPSA) is 56.8 Å². The van der Waals surface area contributed by atoms with E-state index in [1.165, 1.54) is 0 Å². The van der Waals surface area contributed by atoms with Gasteiger partial charge in [-0.3, -0.25) is 9.59 Å². The van der Waals surface area contributed by atoms with Crippen molar-refractivity contribution in [3.63, 3.8) is 0 Å². The molecule has 30 heavy (non-hydrogen) atoms. The maximum atomic E-state index is 13.1. The summed E-state index contributed by atoms with van der Waals surface area (Å²) in [6.07, 6.45) is -2.29. The molecular weight excluding hydrogens is 421 g/mol. The summed E-state index contributed by atoms with van der Waals surface area (Å²) in [5.74, 6) is 0.177. The first-order valence-electron chi connectivity index (χ1n) is 9.97. The molecule has 0 bridgehead atoms. The van der Waals surface area contributed by atoms with Crippen molar-refractivity contribution < 1.29 is 22.8 Å². The number of aromatic nitrogens is 1. The van der Waals surface area contributed by atoms with Crippen molar-refractivity contribution in [1.29, 1.82) is 0 Å². The minimum atomic E-state index is -4.50. The fraction of sp³-hybridized carbons (Fsp3) is 0.650. The second-order valence-corrected chi connectivity index (χ2v) is 9.15. The van der Waals surface area contributed by atoms with Gasteiger partial charge in [-0.05, 0) is 18.9 Å². The third-order valence-electron chi connectivity index (χ3n) is 5.48. The van der Waals surface area contributed by atoms with E-state index in [2.05, 4.69) is 4.98 Å². The van der Waals surface area contributed by atoms with Crippen LogP contribution in [0, 0.1) is 5.41 Å². The van der Waals surface area contributed by atoms with Gasteiger partial charge in [-0.2, -0.15) is 13.2 Å². The van der Waals surface area contributed by atoms with Crippen molar-refractivity contribution in [3.8, 4) is 0 Å². The number of rotatable bonds is 2. The molecule has 0 spiro atoms. The zero-order valence-corrected chi connectivity index (χ0v) is 18.1. The van der Waals surface area contributed by atoms with Crippen molar-refractivity contribution in [2.24, 2.45) is 5.41 Å². The smallest absolute Gasteiger partial charge is 0.352 e. The van der Waals surface area contributed by atoms with Crippen LogP contribution >= 0.6 is 11.6 Å². The van der Waals surface area contributed by atoms with E-state index >= 15 is 0 Å². The largest absolute Gasteiger partial charge is 0.417 e. The average molecular weight is 447 g/mol. The van der Waals surface area contributed by atoms with E-state index in [4.69, 9.17) is 11.6 Å². The minimum absolute atomic E-state index is 0.0299.